The Labute approximate surface area is 228 Å². The molecule has 11 heteroatoms. The molecule has 3 aromatic rings. The van der Waals surface area contributed by atoms with Crippen LogP contribution >= 0.6 is 0 Å². The molecule has 3 aliphatic rings. The molecule has 0 unspecified atom stereocenters. The Kier molecular flexibility index (Phi) is 7.16. The zero-order chi connectivity index (χ0) is 28.0. The monoisotopic (exact) mass is 560 g/mol. The number of carbonyl (C=O) groups is 1. The van der Waals surface area contributed by atoms with Gasteiger partial charge in [0.2, 0.25) is 0 Å². The summed E-state index contributed by atoms with van der Waals surface area (Å²) >= 11 is 0. The van der Waals surface area contributed by atoms with Crippen molar-refractivity contribution in [1.82, 2.24) is 5.16 Å². The van der Waals surface area contributed by atoms with E-state index in [9.17, 15) is 13.6 Å². The van der Waals surface area contributed by atoms with Crippen molar-refractivity contribution < 1.29 is 41.1 Å². The summed E-state index contributed by atoms with van der Waals surface area (Å²) in [5.41, 5.74) is 1.20. The number of esters is 1. The molecule has 3 atom stereocenters. The maximum atomic E-state index is 15.0. The van der Waals surface area contributed by atoms with Gasteiger partial charge in [0.25, 0.3) is 0 Å². The lowest BCUT2D eigenvalue weighted by molar-refractivity contribution is -0.0494. The summed E-state index contributed by atoms with van der Waals surface area (Å²) in [5, 5.41) is 4.21. The lowest BCUT2D eigenvalue weighted by atomic mass is 9.97. The molecule has 1 aliphatic carbocycles. The van der Waals surface area contributed by atoms with Crippen LogP contribution in [0.25, 0.3) is 11.3 Å². The van der Waals surface area contributed by atoms with Crippen LogP contribution in [0.4, 0.5) is 23.2 Å². The number of benzene rings is 2. The average Bonchev–Trinajstić information content (AvgIpc) is 3.64. The summed E-state index contributed by atoms with van der Waals surface area (Å²) in [6.07, 6.45) is 4.34. The largest absolute Gasteiger partial charge is 0.465 e. The number of piperidine rings is 1. The van der Waals surface area contributed by atoms with Crippen molar-refractivity contribution in [3.63, 3.8) is 0 Å². The third kappa shape index (κ3) is 5.02. The summed E-state index contributed by atoms with van der Waals surface area (Å²) in [5.74, 6) is -1.50. The van der Waals surface area contributed by atoms with E-state index in [0.717, 1.165) is 44.9 Å². The summed E-state index contributed by atoms with van der Waals surface area (Å²) in [6.45, 7) is -2.82. The van der Waals surface area contributed by atoms with E-state index in [-0.39, 0.29) is 47.7 Å². The van der Waals surface area contributed by atoms with E-state index in [4.69, 9.17) is 14.0 Å². The van der Waals surface area contributed by atoms with Gasteiger partial charge in [0, 0.05) is 29.1 Å². The first kappa shape index (κ1) is 26.6. The van der Waals surface area contributed by atoms with Gasteiger partial charge in [-0.15, -0.1) is 0 Å². The van der Waals surface area contributed by atoms with Crippen LogP contribution in [0, 0.1) is 11.6 Å². The minimum atomic E-state index is -2.98. The van der Waals surface area contributed by atoms with E-state index in [2.05, 4.69) is 9.89 Å². The number of aromatic nitrogens is 1. The normalized spacial score (nSPS) is 22.1. The molecular weight excluding hydrogens is 532 g/mol. The first-order chi connectivity index (χ1) is 19.3. The van der Waals surface area contributed by atoms with E-state index in [0.29, 0.717) is 35.4 Å². The van der Waals surface area contributed by atoms with Crippen LogP contribution in [0.2, 0.25) is 0 Å². The molecule has 0 spiro atoms. The zero-order valence-corrected chi connectivity index (χ0v) is 21.7. The zero-order valence-electron chi connectivity index (χ0n) is 21.7. The molecule has 0 radical (unpaired) electrons. The lowest BCUT2D eigenvalue weighted by Crippen LogP contribution is -2.46. The van der Waals surface area contributed by atoms with Crippen molar-refractivity contribution in [2.45, 2.75) is 75.8 Å². The Morgan fingerprint density at radius 3 is 2.38 bits per heavy atom. The second kappa shape index (κ2) is 10.8. The number of carbonyl (C=O) groups excluding carboxylic acids is 1. The van der Waals surface area contributed by atoms with Gasteiger partial charge in [-0.05, 0) is 62.8 Å². The van der Waals surface area contributed by atoms with E-state index >= 15 is 8.78 Å². The highest BCUT2D eigenvalue weighted by atomic mass is 19.3. The fourth-order valence-corrected chi connectivity index (χ4v) is 6.08. The number of hydrogen-bond donors (Lipinski definition) is 0. The molecule has 7 nitrogen and oxygen atoms in total. The van der Waals surface area contributed by atoms with Crippen molar-refractivity contribution in [1.29, 1.82) is 0 Å². The molecule has 2 aliphatic heterocycles. The molecule has 0 N–H and O–H groups in total. The first-order valence-electron chi connectivity index (χ1n) is 13.3. The number of halogens is 4. The van der Waals surface area contributed by atoms with Crippen LogP contribution in [-0.4, -0.2) is 43.0 Å². The number of nitrogens with zero attached hydrogens (tertiary/aromatic N) is 2. The Morgan fingerprint density at radius 2 is 1.75 bits per heavy atom. The van der Waals surface area contributed by atoms with Gasteiger partial charge in [-0.1, -0.05) is 17.3 Å². The highest BCUT2D eigenvalue weighted by Crippen LogP contribution is 2.46. The van der Waals surface area contributed by atoms with E-state index < -0.39 is 24.2 Å². The first-order valence-corrected chi connectivity index (χ1v) is 13.3. The Balaban J connectivity index is 1.20. The maximum Gasteiger partial charge on any atom is 0.387 e. The molecule has 2 aromatic carbocycles. The van der Waals surface area contributed by atoms with Gasteiger partial charge in [0.05, 0.1) is 25.4 Å². The van der Waals surface area contributed by atoms with Crippen molar-refractivity contribution in [2.24, 2.45) is 0 Å². The topological polar surface area (TPSA) is 74.0 Å². The molecule has 3 heterocycles. The number of para-hydroxylation sites is 1. The van der Waals surface area contributed by atoms with Crippen LogP contribution in [-0.2, 0) is 16.1 Å². The number of hydrogen-bond acceptors (Lipinski definition) is 7. The number of rotatable bonds is 9. The standard InChI is InChI=1S/C29H28F4N2O5/c1-37-28(36)16-10-22(30)26(23(31)11-16)35-17-8-9-18(35)13-19(12-17)38-14-21-25(34-40-27(21)15-6-7-15)20-4-2-3-5-24(20)39-29(32)33/h2-5,10-11,15,17-19,29H,6-9,12-14H2,1H3/t17-,18+,19-. The van der Waals surface area contributed by atoms with Gasteiger partial charge in [0.1, 0.15) is 34.5 Å². The van der Waals surface area contributed by atoms with E-state index in [1.807, 2.05) is 0 Å². The second-order valence-corrected chi connectivity index (χ2v) is 10.5. The molecule has 0 amide bonds. The summed E-state index contributed by atoms with van der Waals surface area (Å²) in [7, 11) is 1.16. The fourth-order valence-electron chi connectivity index (χ4n) is 6.08. The summed E-state index contributed by atoms with van der Waals surface area (Å²) in [4.78, 5) is 13.6. The molecule has 1 aromatic heterocycles. The fraction of sp³-hybridized carbons (Fsp3) is 0.448. The van der Waals surface area contributed by atoms with Crippen molar-refractivity contribution in [3.05, 3.63) is 64.9 Å². The van der Waals surface area contributed by atoms with Crippen molar-refractivity contribution in [2.75, 3.05) is 12.0 Å². The van der Waals surface area contributed by atoms with Gasteiger partial charge >= 0.3 is 12.6 Å². The smallest absolute Gasteiger partial charge is 0.387 e. The molecule has 2 bridgehead atoms. The maximum absolute atomic E-state index is 15.0. The third-order valence-corrected chi connectivity index (χ3v) is 7.97. The number of anilines is 1. The van der Waals surface area contributed by atoms with Gasteiger partial charge < -0.3 is 23.6 Å². The number of fused-ring (bicyclic) bond motifs is 2. The Bertz CT molecular complexity index is 1370. The number of alkyl halides is 2. The lowest BCUT2D eigenvalue weighted by Gasteiger charge is -2.40. The van der Waals surface area contributed by atoms with Crippen LogP contribution in [0.15, 0.2) is 40.9 Å². The predicted octanol–water partition coefficient (Wildman–Crippen LogP) is 6.60. The molecule has 6 rings (SSSR count). The SMILES string of the molecule is COC(=O)c1cc(F)c(N2[C@@H]3CC[C@H]2C[C@H](OCc2c(-c4ccccc4OC(F)F)noc2C2CC2)C3)c(F)c1. The second-order valence-electron chi connectivity index (χ2n) is 10.5. The minimum absolute atomic E-state index is 0.00280. The Hall–Kier alpha value is -3.60. The molecule has 212 valence electrons. The van der Waals surface area contributed by atoms with Crippen LogP contribution in [0.3, 0.4) is 0 Å². The predicted molar refractivity (Wildman–Crippen MR) is 135 cm³/mol. The van der Waals surface area contributed by atoms with Gasteiger partial charge in [-0.2, -0.15) is 8.78 Å². The minimum Gasteiger partial charge on any atom is -0.465 e. The van der Waals surface area contributed by atoms with Gasteiger partial charge in [-0.25, -0.2) is 13.6 Å². The van der Waals surface area contributed by atoms with E-state index in [1.165, 1.54) is 6.07 Å². The van der Waals surface area contributed by atoms with Gasteiger partial charge in [0.15, 0.2) is 0 Å². The van der Waals surface area contributed by atoms with Crippen LogP contribution in [0.1, 0.15) is 66.1 Å². The molecule has 2 saturated heterocycles. The molecular formula is C29H28F4N2O5. The summed E-state index contributed by atoms with van der Waals surface area (Å²) in [6, 6.07) is 8.18. The number of methoxy groups -OCH3 is 1. The average molecular weight is 561 g/mol. The van der Waals surface area contributed by atoms with Gasteiger partial charge in [-0.3, -0.25) is 0 Å². The molecule has 40 heavy (non-hydrogen) atoms. The van der Waals surface area contributed by atoms with E-state index in [1.54, 1.807) is 23.1 Å². The highest BCUT2D eigenvalue weighted by Gasteiger charge is 2.44. The molecule has 3 fully saturated rings. The quantitative estimate of drug-likeness (QED) is 0.216. The Morgan fingerprint density at radius 1 is 1.07 bits per heavy atom. The third-order valence-electron chi connectivity index (χ3n) is 7.97. The van der Waals surface area contributed by atoms with Crippen molar-refractivity contribution >= 4 is 11.7 Å². The molecule has 1 saturated carbocycles. The van der Waals surface area contributed by atoms with Crippen molar-refractivity contribution in [3.8, 4) is 17.0 Å². The number of ether oxygens (including phenoxy) is 3. The van der Waals surface area contributed by atoms with Crippen LogP contribution in [0.5, 0.6) is 5.75 Å². The highest BCUT2D eigenvalue weighted by molar-refractivity contribution is 5.90. The van der Waals surface area contributed by atoms with Crippen LogP contribution < -0.4 is 9.64 Å². The summed E-state index contributed by atoms with van der Waals surface area (Å²) < 4.78 is 77.5.